The molecule has 0 saturated carbocycles. The zero-order valence-electron chi connectivity index (χ0n) is 14.5. The number of phenols is 1. The highest BCUT2D eigenvalue weighted by Gasteiger charge is 2.37. The Kier molecular flexibility index (Phi) is 4.40. The molecule has 3 rings (SSSR count). The molecule has 0 fully saturated rings. The van der Waals surface area contributed by atoms with E-state index in [4.69, 9.17) is 5.11 Å². The number of hydrogen-bond donors (Lipinski definition) is 3. The SMILES string of the molecule is CC(C)N1C(=O)c2ccc(C(=O)Nc3ccc(C(=O)O)cc3O)cc2C1=O. The smallest absolute Gasteiger partial charge is 0.335 e. The molecule has 3 N–H and O–H groups in total. The molecule has 8 heteroatoms. The van der Waals surface area contributed by atoms with E-state index in [0.29, 0.717) is 0 Å². The van der Waals surface area contributed by atoms with Crippen LogP contribution in [0.2, 0.25) is 0 Å². The number of carbonyl (C=O) groups excluding carboxylic acids is 3. The molecule has 0 saturated heterocycles. The summed E-state index contributed by atoms with van der Waals surface area (Å²) in [6, 6.07) is 7.37. The number of amides is 3. The summed E-state index contributed by atoms with van der Waals surface area (Å²) < 4.78 is 0. The Morgan fingerprint density at radius 1 is 0.963 bits per heavy atom. The van der Waals surface area contributed by atoms with Crippen LogP contribution in [0.25, 0.3) is 0 Å². The number of aromatic carboxylic acids is 1. The Morgan fingerprint density at radius 2 is 1.59 bits per heavy atom. The number of benzene rings is 2. The molecule has 3 amide bonds. The van der Waals surface area contributed by atoms with E-state index in [2.05, 4.69) is 5.32 Å². The molecule has 0 atom stereocenters. The van der Waals surface area contributed by atoms with Gasteiger partial charge in [-0.05, 0) is 50.2 Å². The van der Waals surface area contributed by atoms with Crippen LogP contribution < -0.4 is 5.32 Å². The minimum absolute atomic E-state index is 0.0247. The van der Waals surface area contributed by atoms with Gasteiger partial charge >= 0.3 is 5.97 Å². The zero-order valence-corrected chi connectivity index (χ0v) is 14.5. The number of rotatable bonds is 4. The summed E-state index contributed by atoms with van der Waals surface area (Å²) in [6.45, 7) is 3.44. The summed E-state index contributed by atoms with van der Waals surface area (Å²) in [5.41, 5.74) is 0.408. The molecule has 0 aromatic heterocycles. The highest BCUT2D eigenvalue weighted by molar-refractivity contribution is 6.22. The van der Waals surface area contributed by atoms with E-state index >= 15 is 0 Å². The number of nitrogens with one attached hydrogen (secondary N) is 1. The second-order valence-electron chi connectivity index (χ2n) is 6.33. The number of nitrogens with zero attached hydrogens (tertiary/aromatic N) is 1. The predicted octanol–water partition coefficient (Wildman–Crippen LogP) is 2.35. The van der Waals surface area contributed by atoms with Gasteiger partial charge in [0.25, 0.3) is 17.7 Å². The van der Waals surface area contributed by atoms with Crippen LogP contribution in [0.5, 0.6) is 5.75 Å². The quantitative estimate of drug-likeness (QED) is 0.562. The van der Waals surface area contributed by atoms with Gasteiger partial charge in [-0.25, -0.2) is 4.79 Å². The minimum atomic E-state index is -1.21. The van der Waals surface area contributed by atoms with Gasteiger partial charge in [-0.1, -0.05) is 0 Å². The fourth-order valence-electron chi connectivity index (χ4n) is 2.83. The van der Waals surface area contributed by atoms with Crippen molar-refractivity contribution < 1.29 is 29.4 Å². The lowest BCUT2D eigenvalue weighted by Crippen LogP contribution is -2.35. The van der Waals surface area contributed by atoms with Gasteiger partial charge in [-0.2, -0.15) is 0 Å². The normalized spacial score (nSPS) is 13.1. The summed E-state index contributed by atoms with van der Waals surface area (Å²) in [4.78, 5) is 49.1. The number of phenolic OH excluding ortho intramolecular Hbond substituents is 1. The third-order valence-corrected chi connectivity index (χ3v) is 4.19. The number of carboxylic acid groups (broad SMARTS) is 1. The van der Waals surface area contributed by atoms with Gasteiger partial charge in [0.1, 0.15) is 5.75 Å². The third-order valence-electron chi connectivity index (χ3n) is 4.19. The van der Waals surface area contributed by atoms with Gasteiger partial charge in [0.15, 0.2) is 0 Å². The number of anilines is 1. The molecule has 27 heavy (non-hydrogen) atoms. The number of hydrogen-bond acceptors (Lipinski definition) is 5. The van der Waals surface area contributed by atoms with Gasteiger partial charge in [0.05, 0.1) is 22.4 Å². The standard InChI is InChI=1S/C19H16N2O6/c1-9(2)21-17(24)12-5-3-10(7-13(12)18(21)25)16(23)20-14-6-4-11(19(26)27)8-15(14)22/h3-9,22H,1-2H3,(H,20,23)(H,26,27). The topological polar surface area (TPSA) is 124 Å². The molecule has 2 aromatic rings. The maximum Gasteiger partial charge on any atom is 0.335 e. The molecule has 138 valence electrons. The third kappa shape index (κ3) is 3.12. The average molecular weight is 368 g/mol. The molecule has 8 nitrogen and oxygen atoms in total. The molecule has 1 aliphatic rings. The van der Waals surface area contributed by atoms with E-state index in [9.17, 15) is 24.3 Å². The van der Waals surface area contributed by atoms with Crippen molar-refractivity contribution in [1.82, 2.24) is 4.90 Å². The van der Waals surface area contributed by atoms with E-state index in [0.717, 1.165) is 11.0 Å². The van der Waals surface area contributed by atoms with Gasteiger partial charge in [-0.3, -0.25) is 19.3 Å². The molecule has 1 aliphatic heterocycles. The van der Waals surface area contributed by atoms with Crippen molar-refractivity contribution in [2.45, 2.75) is 19.9 Å². The molecule has 2 aromatic carbocycles. The van der Waals surface area contributed by atoms with Gasteiger partial charge in [-0.15, -0.1) is 0 Å². The lowest BCUT2D eigenvalue weighted by molar-refractivity contribution is 0.0607. The minimum Gasteiger partial charge on any atom is -0.506 e. The highest BCUT2D eigenvalue weighted by Crippen LogP contribution is 2.28. The summed E-state index contributed by atoms with van der Waals surface area (Å²) in [7, 11) is 0. The summed E-state index contributed by atoms with van der Waals surface area (Å²) >= 11 is 0. The van der Waals surface area contributed by atoms with Crippen molar-refractivity contribution in [3.05, 3.63) is 58.7 Å². The molecular formula is C19H16N2O6. The van der Waals surface area contributed by atoms with Crippen LogP contribution in [0.4, 0.5) is 5.69 Å². The molecule has 0 aliphatic carbocycles. The molecule has 0 unspecified atom stereocenters. The maximum absolute atomic E-state index is 12.4. The molecular weight excluding hydrogens is 352 g/mol. The van der Waals surface area contributed by atoms with E-state index in [1.165, 1.54) is 30.3 Å². The highest BCUT2D eigenvalue weighted by atomic mass is 16.4. The fourth-order valence-corrected chi connectivity index (χ4v) is 2.83. The second kappa shape index (κ2) is 6.56. The van der Waals surface area contributed by atoms with Crippen LogP contribution in [0.15, 0.2) is 36.4 Å². The molecule has 0 bridgehead atoms. The first-order valence-corrected chi connectivity index (χ1v) is 8.10. The van der Waals surface area contributed by atoms with Gasteiger partial charge < -0.3 is 15.5 Å². The first-order chi connectivity index (χ1) is 12.7. The molecule has 1 heterocycles. The summed E-state index contributed by atoms with van der Waals surface area (Å²) in [6.07, 6.45) is 0. The van der Waals surface area contributed by atoms with E-state index in [-0.39, 0.29) is 34.0 Å². The zero-order chi connectivity index (χ0) is 19.9. The number of aromatic hydroxyl groups is 1. The van der Waals surface area contributed by atoms with Crippen molar-refractivity contribution in [2.75, 3.05) is 5.32 Å². The van der Waals surface area contributed by atoms with Crippen LogP contribution in [0.1, 0.15) is 55.3 Å². The lowest BCUT2D eigenvalue weighted by Gasteiger charge is -2.17. The van der Waals surface area contributed by atoms with Crippen LogP contribution >= 0.6 is 0 Å². The Morgan fingerprint density at radius 3 is 2.19 bits per heavy atom. The van der Waals surface area contributed by atoms with Crippen molar-refractivity contribution in [3.63, 3.8) is 0 Å². The average Bonchev–Trinajstić information content (AvgIpc) is 2.87. The Hall–Kier alpha value is -3.68. The first kappa shape index (κ1) is 18.1. The summed E-state index contributed by atoms with van der Waals surface area (Å²) in [5.74, 6) is -3.09. The molecule has 0 spiro atoms. The Bertz CT molecular complexity index is 996. The molecule has 0 radical (unpaired) electrons. The number of fused-ring (bicyclic) bond motifs is 1. The largest absolute Gasteiger partial charge is 0.506 e. The number of carboxylic acids is 1. The van der Waals surface area contributed by atoms with E-state index in [1.807, 2.05) is 0 Å². The predicted molar refractivity (Wildman–Crippen MR) is 95.1 cm³/mol. The van der Waals surface area contributed by atoms with E-state index < -0.39 is 29.4 Å². The Balaban J connectivity index is 1.87. The second-order valence-corrected chi connectivity index (χ2v) is 6.33. The number of carbonyl (C=O) groups is 4. The number of imide groups is 1. The first-order valence-electron chi connectivity index (χ1n) is 8.10. The van der Waals surface area contributed by atoms with Gasteiger partial charge in [0.2, 0.25) is 0 Å². The Labute approximate surface area is 154 Å². The monoisotopic (exact) mass is 368 g/mol. The van der Waals surface area contributed by atoms with Crippen LogP contribution in [-0.4, -0.2) is 44.8 Å². The fraction of sp³-hybridized carbons (Fsp3) is 0.158. The van der Waals surface area contributed by atoms with Crippen LogP contribution in [0.3, 0.4) is 0 Å². The summed E-state index contributed by atoms with van der Waals surface area (Å²) in [5, 5.41) is 21.2. The van der Waals surface area contributed by atoms with Crippen molar-refractivity contribution >= 4 is 29.4 Å². The van der Waals surface area contributed by atoms with Crippen LogP contribution in [0, 0.1) is 0 Å². The van der Waals surface area contributed by atoms with Gasteiger partial charge in [0, 0.05) is 11.6 Å². The van der Waals surface area contributed by atoms with Crippen molar-refractivity contribution in [1.29, 1.82) is 0 Å². The van der Waals surface area contributed by atoms with Crippen molar-refractivity contribution in [3.8, 4) is 5.75 Å². The van der Waals surface area contributed by atoms with Crippen LogP contribution in [-0.2, 0) is 0 Å². The lowest BCUT2D eigenvalue weighted by atomic mass is 10.1. The van der Waals surface area contributed by atoms with E-state index in [1.54, 1.807) is 13.8 Å². The van der Waals surface area contributed by atoms with Crippen molar-refractivity contribution in [2.24, 2.45) is 0 Å². The maximum atomic E-state index is 12.4.